The predicted molar refractivity (Wildman–Crippen MR) is 66.0 cm³/mol. The number of nitrogens with two attached hydrogens (primary N) is 1. The Balaban J connectivity index is 4.04. The summed E-state index contributed by atoms with van der Waals surface area (Å²) in [6, 6.07) is 0. The van der Waals surface area contributed by atoms with E-state index in [1.807, 2.05) is 11.8 Å². The summed E-state index contributed by atoms with van der Waals surface area (Å²) in [5.41, 5.74) is 5.03. The second-order valence-corrected chi connectivity index (χ2v) is 6.12. The highest BCUT2D eigenvalue weighted by molar-refractivity contribution is 7.99. The molecule has 2 unspecified atom stereocenters. The number of ether oxygens (including phenoxy) is 1. The third-order valence-corrected chi connectivity index (χ3v) is 3.67. The molecule has 15 heavy (non-hydrogen) atoms. The van der Waals surface area contributed by atoms with E-state index in [0.717, 1.165) is 5.75 Å². The van der Waals surface area contributed by atoms with E-state index >= 15 is 0 Å². The van der Waals surface area contributed by atoms with Crippen LogP contribution in [0.5, 0.6) is 0 Å². The van der Waals surface area contributed by atoms with E-state index in [9.17, 15) is 4.79 Å². The molecule has 0 aromatic carbocycles. The molecule has 0 heterocycles. The minimum Gasteiger partial charge on any atom is -0.468 e. The minimum atomic E-state index is -0.863. The molecule has 4 heteroatoms. The summed E-state index contributed by atoms with van der Waals surface area (Å²) >= 11 is 1.85. The van der Waals surface area contributed by atoms with Crippen LogP contribution in [0.15, 0.2) is 0 Å². The first-order valence-electron chi connectivity index (χ1n) is 5.28. The maximum Gasteiger partial charge on any atom is 0.325 e. The van der Waals surface area contributed by atoms with Crippen LogP contribution in [-0.4, -0.2) is 29.6 Å². The number of carbonyl (C=O) groups excluding carboxylic acids is 1. The van der Waals surface area contributed by atoms with Gasteiger partial charge >= 0.3 is 5.97 Å². The molecular weight excluding hydrogens is 210 g/mol. The van der Waals surface area contributed by atoms with Gasteiger partial charge in [0.1, 0.15) is 5.54 Å². The predicted octanol–water partition coefficient (Wildman–Crippen LogP) is 2.04. The quantitative estimate of drug-likeness (QED) is 0.713. The molecule has 0 amide bonds. The number of hydrogen-bond donors (Lipinski definition) is 1. The monoisotopic (exact) mass is 233 g/mol. The zero-order valence-corrected chi connectivity index (χ0v) is 11.2. The topological polar surface area (TPSA) is 52.3 Å². The third-order valence-electron chi connectivity index (χ3n) is 2.08. The van der Waals surface area contributed by atoms with Crippen LogP contribution >= 0.6 is 11.8 Å². The van der Waals surface area contributed by atoms with E-state index in [1.54, 1.807) is 6.92 Å². The number of hydrogen-bond acceptors (Lipinski definition) is 4. The van der Waals surface area contributed by atoms with Crippen molar-refractivity contribution in [2.75, 3.05) is 12.9 Å². The Kier molecular flexibility index (Phi) is 6.29. The van der Waals surface area contributed by atoms with Crippen LogP contribution in [0.2, 0.25) is 0 Å². The minimum absolute atomic E-state index is 0.334. The second kappa shape index (κ2) is 6.38. The lowest BCUT2D eigenvalue weighted by atomic mass is 9.98. The van der Waals surface area contributed by atoms with Gasteiger partial charge in [-0.15, -0.1) is 0 Å². The van der Waals surface area contributed by atoms with Gasteiger partial charge in [0.05, 0.1) is 7.11 Å². The van der Waals surface area contributed by atoms with Gasteiger partial charge in [0.25, 0.3) is 0 Å². The average molecular weight is 233 g/mol. The summed E-state index contributed by atoms with van der Waals surface area (Å²) in [4.78, 5) is 11.4. The van der Waals surface area contributed by atoms with Crippen LogP contribution in [-0.2, 0) is 9.53 Å². The van der Waals surface area contributed by atoms with Crippen molar-refractivity contribution in [3.8, 4) is 0 Å². The van der Waals surface area contributed by atoms with Crippen molar-refractivity contribution in [1.29, 1.82) is 0 Å². The van der Waals surface area contributed by atoms with Crippen LogP contribution < -0.4 is 5.73 Å². The zero-order chi connectivity index (χ0) is 12.1. The molecule has 0 bridgehead atoms. The summed E-state index contributed by atoms with van der Waals surface area (Å²) in [5, 5.41) is 0.376. The maximum atomic E-state index is 11.4. The van der Waals surface area contributed by atoms with Gasteiger partial charge in [0.15, 0.2) is 0 Å². The molecule has 0 radical (unpaired) electrons. The average Bonchev–Trinajstić information content (AvgIpc) is 2.12. The summed E-state index contributed by atoms with van der Waals surface area (Å²) in [6.07, 6.45) is 0.650. The maximum absolute atomic E-state index is 11.4. The Bertz CT molecular complexity index is 205. The highest BCUT2D eigenvalue weighted by atomic mass is 32.2. The highest BCUT2D eigenvalue weighted by Crippen LogP contribution is 2.22. The Labute approximate surface area is 97.1 Å². The Morgan fingerprint density at radius 1 is 1.47 bits per heavy atom. The molecule has 0 rings (SSSR count). The van der Waals surface area contributed by atoms with Crippen molar-refractivity contribution in [2.45, 2.75) is 44.9 Å². The molecule has 0 aromatic heterocycles. The van der Waals surface area contributed by atoms with Crippen LogP contribution in [0.4, 0.5) is 0 Å². The SMILES string of the molecule is COC(=O)C(C)(N)CC(C)SCC(C)C. The first-order chi connectivity index (χ1) is 6.79. The molecule has 0 aliphatic heterocycles. The molecule has 0 aliphatic rings. The van der Waals surface area contributed by atoms with E-state index in [4.69, 9.17) is 5.73 Å². The molecule has 0 saturated heterocycles. The summed E-state index contributed by atoms with van der Waals surface area (Å²) in [7, 11) is 1.37. The van der Waals surface area contributed by atoms with Crippen molar-refractivity contribution in [2.24, 2.45) is 11.7 Å². The summed E-state index contributed by atoms with van der Waals surface area (Å²) < 4.78 is 4.67. The highest BCUT2D eigenvalue weighted by Gasteiger charge is 2.31. The lowest BCUT2D eigenvalue weighted by molar-refractivity contribution is -0.146. The molecule has 3 nitrogen and oxygen atoms in total. The van der Waals surface area contributed by atoms with E-state index < -0.39 is 5.54 Å². The number of thioether (sulfide) groups is 1. The molecular formula is C11H23NO2S. The van der Waals surface area contributed by atoms with Gasteiger partial charge in [0, 0.05) is 5.25 Å². The van der Waals surface area contributed by atoms with Crippen molar-refractivity contribution in [1.82, 2.24) is 0 Å². The summed E-state index contributed by atoms with van der Waals surface area (Å²) in [6.45, 7) is 8.19. The Morgan fingerprint density at radius 3 is 2.40 bits per heavy atom. The lowest BCUT2D eigenvalue weighted by Crippen LogP contribution is -2.47. The third kappa shape index (κ3) is 6.05. The second-order valence-electron chi connectivity index (χ2n) is 4.65. The molecule has 0 aliphatic carbocycles. The summed E-state index contributed by atoms with van der Waals surface area (Å²) in [5.74, 6) is 1.43. The van der Waals surface area contributed by atoms with Gasteiger partial charge in [0.2, 0.25) is 0 Å². The Morgan fingerprint density at radius 2 is 2.00 bits per heavy atom. The fourth-order valence-corrected chi connectivity index (χ4v) is 2.51. The molecule has 0 spiro atoms. The van der Waals surface area contributed by atoms with Gasteiger partial charge in [-0.3, -0.25) is 4.79 Å². The first kappa shape index (κ1) is 14.8. The molecule has 90 valence electrons. The van der Waals surface area contributed by atoms with Gasteiger partial charge in [-0.1, -0.05) is 20.8 Å². The standard InChI is InChI=1S/C11H23NO2S/c1-8(2)7-15-9(3)6-11(4,12)10(13)14-5/h8-9H,6-7,12H2,1-5H3. The normalized spacial score (nSPS) is 17.3. The van der Waals surface area contributed by atoms with E-state index in [2.05, 4.69) is 25.5 Å². The Hall–Kier alpha value is -0.220. The van der Waals surface area contributed by atoms with Crippen molar-refractivity contribution in [3.05, 3.63) is 0 Å². The van der Waals surface area contributed by atoms with Gasteiger partial charge in [-0.2, -0.15) is 11.8 Å². The smallest absolute Gasteiger partial charge is 0.325 e. The fourth-order valence-electron chi connectivity index (χ4n) is 1.33. The largest absolute Gasteiger partial charge is 0.468 e. The molecule has 0 saturated carbocycles. The zero-order valence-electron chi connectivity index (χ0n) is 10.4. The molecule has 0 fully saturated rings. The van der Waals surface area contributed by atoms with Gasteiger partial charge in [-0.25, -0.2) is 0 Å². The van der Waals surface area contributed by atoms with Crippen molar-refractivity contribution in [3.63, 3.8) is 0 Å². The van der Waals surface area contributed by atoms with Gasteiger partial charge < -0.3 is 10.5 Å². The van der Waals surface area contributed by atoms with Gasteiger partial charge in [-0.05, 0) is 25.0 Å². The molecule has 2 atom stereocenters. The number of carbonyl (C=O) groups is 1. The van der Waals surface area contributed by atoms with E-state index in [-0.39, 0.29) is 5.97 Å². The molecule has 2 N–H and O–H groups in total. The van der Waals surface area contributed by atoms with Crippen LogP contribution in [0.25, 0.3) is 0 Å². The number of esters is 1. The number of rotatable bonds is 6. The molecule has 0 aromatic rings. The van der Waals surface area contributed by atoms with Crippen molar-refractivity contribution < 1.29 is 9.53 Å². The fraction of sp³-hybridized carbons (Fsp3) is 0.909. The first-order valence-corrected chi connectivity index (χ1v) is 6.33. The van der Waals surface area contributed by atoms with Crippen LogP contribution in [0, 0.1) is 5.92 Å². The number of methoxy groups -OCH3 is 1. The lowest BCUT2D eigenvalue weighted by Gasteiger charge is -2.25. The van der Waals surface area contributed by atoms with Crippen LogP contribution in [0.1, 0.15) is 34.1 Å². The van der Waals surface area contributed by atoms with Crippen molar-refractivity contribution >= 4 is 17.7 Å². The van der Waals surface area contributed by atoms with E-state index in [1.165, 1.54) is 7.11 Å². The van der Waals surface area contributed by atoms with E-state index in [0.29, 0.717) is 17.6 Å². The van der Waals surface area contributed by atoms with Crippen LogP contribution in [0.3, 0.4) is 0 Å².